The number of nitrogens with zero attached hydrogens (tertiary/aromatic N) is 1. The number of aliphatic hydroxyl groups is 1. The van der Waals surface area contributed by atoms with Gasteiger partial charge in [-0.3, -0.25) is 4.79 Å². The van der Waals surface area contributed by atoms with Crippen LogP contribution >= 0.6 is 0 Å². The maximum absolute atomic E-state index is 13.5. The van der Waals surface area contributed by atoms with Gasteiger partial charge in [-0.15, -0.1) is 0 Å². The minimum absolute atomic E-state index is 0.0350. The summed E-state index contributed by atoms with van der Waals surface area (Å²) < 4.78 is 26.7. The molecule has 172 valence electrons. The van der Waals surface area contributed by atoms with Crippen LogP contribution in [0.5, 0.6) is 0 Å². The first-order valence-corrected chi connectivity index (χ1v) is 14.8. The Morgan fingerprint density at radius 2 is 1.42 bits per heavy atom. The number of carbonyl (C=O) groups excluding carboxylic acids is 1. The summed E-state index contributed by atoms with van der Waals surface area (Å²) in [5.74, 6) is -1.02. The van der Waals surface area contributed by atoms with Crippen molar-refractivity contribution in [2.45, 2.75) is 44.6 Å². The Labute approximate surface area is 194 Å². The van der Waals surface area contributed by atoms with Crippen LogP contribution in [0.2, 0.25) is 19.6 Å². The topological polar surface area (TPSA) is 40.5 Å². The molecular formula is C27H29F2NO2Si. The number of hydrogen-bond donors (Lipinski definition) is 1. The number of benzene rings is 3. The van der Waals surface area contributed by atoms with Crippen molar-refractivity contribution in [3.63, 3.8) is 0 Å². The number of hydrogen-bond acceptors (Lipinski definition) is 2. The van der Waals surface area contributed by atoms with Crippen molar-refractivity contribution < 1.29 is 18.7 Å². The second-order valence-electron chi connectivity index (χ2n) is 9.75. The molecular weight excluding hydrogens is 436 g/mol. The smallest absolute Gasteiger partial charge is 0.233 e. The van der Waals surface area contributed by atoms with Crippen LogP contribution < -0.4 is 10.1 Å². The minimum Gasteiger partial charge on any atom is -0.388 e. The molecule has 4 rings (SSSR count). The van der Waals surface area contributed by atoms with Crippen LogP contribution in [0.1, 0.15) is 36.1 Å². The SMILES string of the molecule is C[Si](C)(C)c1ccc([C@@H]2[C@@H](CC[C@H](O)c3ccc(F)cc3)C(=O)N2c2ccc(F)cc2)cc1. The van der Waals surface area contributed by atoms with E-state index < -0.39 is 14.2 Å². The van der Waals surface area contributed by atoms with Crippen molar-refractivity contribution in [1.82, 2.24) is 0 Å². The molecule has 0 radical (unpaired) electrons. The second-order valence-corrected chi connectivity index (χ2v) is 14.8. The molecule has 1 fully saturated rings. The molecule has 0 spiro atoms. The van der Waals surface area contributed by atoms with Gasteiger partial charge < -0.3 is 10.0 Å². The Bertz CT molecular complexity index is 1110. The lowest BCUT2D eigenvalue weighted by Crippen LogP contribution is -2.55. The molecule has 1 aliphatic heterocycles. The molecule has 0 saturated carbocycles. The van der Waals surface area contributed by atoms with Gasteiger partial charge in [-0.05, 0) is 60.4 Å². The Balaban J connectivity index is 1.57. The van der Waals surface area contributed by atoms with Crippen LogP contribution in [-0.4, -0.2) is 19.1 Å². The van der Waals surface area contributed by atoms with Gasteiger partial charge in [0.2, 0.25) is 5.91 Å². The van der Waals surface area contributed by atoms with Crippen LogP contribution in [-0.2, 0) is 4.79 Å². The average molecular weight is 466 g/mol. The number of anilines is 1. The fourth-order valence-corrected chi connectivity index (χ4v) is 5.64. The van der Waals surface area contributed by atoms with E-state index in [0.717, 1.165) is 5.56 Å². The Morgan fingerprint density at radius 1 is 0.879 bits per heavy atom. The van der Waals surface area contributed by atoms with E-state index in [1.165, 1.54) is 29.5 Å². The molecule has 0 unspecified atom stereocenters. The van der Waals surface area contributed by atoms with Crippen molar-refractivity contribution >= 4 is 24.9 Å². The summed E-state index contributed by atoms with van der Waals surface area (Å²) in [5, 5.41) is 11.9. The molecule has 0 aliphatic carbocycles. The number of amides is 1. The lowest BCUT2D eigenvalue weighted by atomic mass is 9.78. The Morgan fingerprint density at radius 3 is 1.97 bits per heavy atom. The largest absolute Gasteiger partial charge is 0.388 e. The molecule has 1 saturated heterocycles. The van der Waals surface area contributed by atoms with E-state index in [-0.39, 0.29) is 29.5 Å². The van der Waals surface area contributed by atoms with Gasteiger partial charge in [0.05, 0.1) is 26.1 Å². The molecule has 1 heterocycles. The van der Waals surface area contributed by atoms with Gasteiger partial charge >= 0.3 is 0 Å². The highest BCUT2D eigenvalue weighted by atomic mass is 28.3. The highest BCUT2D eigenvalue weighted by Gasteiger charge is 2.48. The number of carbonyl (C=O) groups is 1. The van der Waals surface area contributed by atoms with E-state index in [1.807, 2.05) is 0 Å². The third-order valence-corrected chi connectivity index (χ3v) is 8.51. The monoisotopic (exact) mass is 465 g/mol. The molecule has 1 amide bonds. The molecule has 3 atom stereocenters. The van der Waals surface area contributed by atoms with Crippen molar-refractivity contribution in [3.05, 3.63) is 95.6 Å². The molecule has 3 nitrogen and oxygen atoms in total. The summed E-state index contributed by atoms with van der Waals surface area (Å²) in [6.45, 7) is 6.87. The maximum Gasteiger partial charge on any atom is 0.233 e. The van der Waals surface area contributed by atoms with E-state index in [4.69, 9.17) is 0 Å². The average Bonchev–Trinajstić information content (AvgIpc) is 2.78. The Hall–Kier alpha value is -2.83. The maximum atomic E-state index is 13.5. The van der Waals surface area contributed by atoms with Gasteiger partial charge in [-0.2, -0.15) is 0 Å². The molecule has 0 aromatic heterocycles. The summed E-state index contributed by atoms with van der Waals surface area (Å²) in [5.41, 5.74) is 2.33. The van der Waals surface area contributed by atoms with Crippen molar-refractivity contribution in [2.24, 2.45) is 5.92 Å². The summed E-state index contributed by atoms with van der Waals surface area (Å²) >= 11 is 0. The van der Waals surface area contributed by atoms with Crippen LogP contribution in [0.15, 0.2) is 72.8 Å². The number of β-lactam (4-membered cyclic amide) rings is 1. The van der Waals surface area contributed by atoms with Crippen LogP contribution in [0.3, 0.4) is 0 Å². The van der Waals surface area contributed by atoms with Crippen LogP contribution in [0.25, 0.3) is 0 Å². The molecule has 1 N–H and O–H groups in total. The molecule has 3 aromatic rings. The van der Waals surface area contributed by atoms with Crippen LogP contribution in [0, 0.1) is 17.6 Å². The quantitative estimate of drug-likeness (QED) is 0.358. The highest BCUT2D eigenvalue weighted by molar-refractivity contribution is 6.88. The van der Waals surface area contributed by atoms with Gasteiger partial charge in [-0.25, -0.2) is 8.78 Å². The van der Waals surface area contributed by atoms with E-state index >= 15 is 0 Å². The number of aliphatic hydroxyl groups excluding tert-OH is 1. The zero-order chi connectivity index (χ0) is 23.8. The first-order chi connectivity index (χ1) is 15.6. The van der Waals surface area contributed by atoms with Gasteiger partial charge in [-0.1, -0.05) is 61.2 Å². The third-order valence-electron chi connectivity index (χ3n) is 6.44. The normalized spacial score (nSPS) is 19.3. The van der Waals surface area contributed by atoms with E-state index in [0.29, 0.717) is 24.1 Å². The van der Waals surface area contributed by atoms with Gasteiger partial charge in [0.15, 0.2) is 0 Å². The fraction of sp³-hybridized carbons (Fsp3) is 0.296. The van der Waals surface area contributed by atoms with Gasteiger partial charge in [0.25, 0.3) is 0 Å². The lowest BCUT2D eigenvalue weighted by Gasteiger charge is -2.48. The van der Waals surface area contributed by atoms with Gasteiger partial charge in [0, 0.05) is 5.69 Å². The predicted molar refractivity (Wildman–Crippen MR) is 130 cm³/mol. The van der Waals surface area contributed by atoms with E-state index in [1.54, 1.807) is 29.2 Å². The highest BCUT2D eigenvalue weighted by Crippen LogP contribution is 2.46. The molecule has 3 aromatic carbocycles. The summed E-state index contributed by atoms with van der Waals surface area (Å²) in [4.78, 5) is 14.9. The van der Waals surface area contributed by atoms with Crippen molar-refractivity contribution in [2.75, 3.05) is 4.90 Å². The number of halogens is 2. The minimum atomic E-state index is -1.45. The summed E-state index contributed by atoms with van der Waals surface area (Å²) in [6.07, 6.45) is 0.117. The number of rotatable bonds is 7. The second kappa shape index (κ2) is 9.19. The van der Waals surface area contributed by atoms with E-state index in [2.05, 4.69) is 43.9 Å². The standard InChI is InChI=1S/C27H29F2NO2Si/c1-33(2,3)23-14-6-19(7-15-23)26-24(16-17-25(31)18-4-8-20(28)9-5-18)27(32)30(26)22-12-10-21(29)11-13-22/h4-15,24-26,31H,16-17H2,1-3H3/t24-,25+,26-/m1/s1. The lowest BCUT2D eigenvalue weighted by molar-refractivity contribution is -0.131. The van der Waals surface area contributed by atoms with Crippen LogP contribution in [0.4, 0.5) is 14.5 Å². The zero-order valence-corrected chi connectivity index (χ0v) is 20.1. The third kappa shape index (κ3) is 4.92. The predicted octanol–water partition coefficient (Wildman–Crippen LogP) is 5.73. The zero-order valence-electron chi connectivity index (χ0n) is 19.1. The van der Waals surface area contributed by atoms with Gasteiger partial charge in [0.1, 0.15) is 11.6 Å². The molecule has 6 heteroatoms. The fourth-order valence-electron chi connectivity index (χ4n) is 4.47. The first kappa shape index (κ1) is 23.3. The molecule has 0 bridgehead atoms. The summed E-state index contributed by atoms with van der Waals surface area (Å²) in [7, 11) is -1.45. The molecule has 1 aliphatic rings. The first-order valence-electron chi connectivity index (χ1n) is 11.3. The molecule has 33 heavy (non-hydrogen) atoms. The van der Waals surface area contributed by atoms with Crippen molar-refractivity contribution in [1.29, 1.82) is 0 Å². The van der Waals surface area contributed by atoms with E-state index in [9.17, 15) is 18.7 Å². The van der Waals surface area contributed by atoms with Crippen molar-refractivity contribution in [3.8, 4) is 0 Å². The Kier molecular flexibility index (Phi) is 6.50. The summed E-state index contributed by atoms with van der Waals surface area (Å²) in [6, 6.07) is 20.1.